The average molecular weight is 263 g/mol. The number of ether oxygens (including phenoxy) is 2. The van der Waals surface area contributed by atoms with Crippen molar-refractivity contribution in [3.63, 3.8) is 0 Å². The van der Waals surface area contributed by atoms with Crippen molar-refractivity contribution < 1.29 is 19.1 Å². The Kier molecular flexibility index (Phi) is 4.04. The number of aryl methyl sites for hydroxylation is 1. The monoisotopic (exact) mass is 263 g/mol. The lowest BCUT2D eigenvalue weighted by Gasteiger charge is -2.05. The van der Waals surface area contributed by atoms with Gasteiger partial charge in [-0.05, 0) is 24.8 Å². The Hall–Kier alpha value is -2.04. The second-order valence-electron chi connectivity index (χ2n) is 4.70. The zero-order valence-corrected chi connectivity index (χ0v) is 10.8. The van der Waals surface area contributed by atoms with Crippen molar-refractivity contribution in [1.82, 2.24) is 0 Å². The second-order valence-corrected chi connectivity index (χ2v) is 4.70. The van der Waals surface area contributed by atoms with Crippen LogP contribution in [0.2, 0.25) is 0 Å². The molecule has 0 unspecified atom stereocenters. The molecule has 1 saturated carbocycles. The zero-order chi connectivity index (χ0) is 13.8. The number of primary amides is 1. The van der Waals surface area contributed by atoms with Gasteiger partial charge in [-0.15, -0.1) is 0 Å². The van der Waals surface area contributed by atoms with E-state index in [0.717, 1.165) is 6.42 Å². The van der Waals surface area contributed by atoms with Gasteiger partial charge in [0.1, 0.15) is 13.2 Å². The summed E-state index contributed by atoms with van der Waals surface area (Å²) in [5, 5.41) is 0. The van der Waals surface area contributed by atoms with Crippen LogP contribution in [0.1, 0.15) is 23.5 Å². The van der Waals surface area contributed by atoms with Gasteiger partial charge in [-0.2, -0.15) is 0 Å². The van der Waals surface area contributed by atoms with Crippen molar-refractivity contribution in [2.75, 3.05) is 13.2 Å². The van der Waals surface area contributed by atoms with E-state index in [-0.39, 0.29) is 31.0 Å². The molecule has 102 valence electrons. The average Bonchev–Trinajstić information content (AvgIpc) is 3.14. The molecule has 0 spiro atoms. The molecule has 0 aliphatic heterocycles. The molecule has 2 N–H and O–H groups in total. The van der Waals surface area contributed by atoms with E-state index >= 15 is 0 Å². The fraction of sp³-hybridized carbons (Fsp3) is 0.429. The summed E-state index contributed by atoms with van der Waals surface area (Å²) in [6.07, 6.45) is -0.0426. The van der Waals surface area contributed by atoms with Crippen LogP contribution in [0, 0.1) is 12.8 Å². The number of carbonyl (C=O) groups excluding carboxylic acids is 2. The van der Waals surface area contributed by atoms with Crippen LogP contribution in [0.25, 0.3) is 0 Å². The lowest BCUT2D eigenvalue weighted by atomic mass is 10.1. The molecular formula is C14H17NO4. The summed E-state index contributed by atoms with van der Waals surface area (Å²) in [6, 6.07) is 8.14. The maximum absolute atomic E-state index is 11.7. The molecule has 1 aromatic carbocycles. The van der Waals surface area contributed by atoms with Crippen molar-refractivity contribution in [3.8, 4) is 0 Å². The summed E-state index contributed by atoms with van der Waals surface area (Å²) in [4.78, 5) is 22.0. The van der Waals surface area contributed by atoms with E-state index in [4.69, 9.17) is 10.5 Å². The van der Waals surface area contributed by atoms with Gasteiger partial charge in [0.25, 0.3) is 0 Å². The maximum atomic E-state index is 11.7. The molecule has 2 atom stereocenters. The SMILES string of the molecule is Cc1cccc([C@H]2C[C@@H]2C(=O)OCCOC(N)=O)c1. The predicted octanol–water partition coefficient (Wildman–Crippen LogP) is 1.74. The first kappa shape index (κ1) is 13.4. The Balaban J connectivity index is 1.76. The quantitative estimate of drug-likeness (QED) is 0.648. The summed E-state index contributed by atoms with van der Waals surface area (Å²) in [6.45, 7) is 2.09. The molecule has 0 saturated heterocycles. The van der Waals surface area contributed by atoms with Gasteiger partial charge in [0, 0.05) is 0 Å². The normalized spacial score (nSPS) is 20.7. The highest BCUT2D eigenvalue weighted by molar-refractivity contribution is 5.77. The Morgan fingerprint density at radius 2 is 2.05 bits per heavy atom. The molecular weight excluding hydrogens is 246 g/mol. The Morgan fingerprint density at radius 3 is 2.74 bits per heavy atom. The van der Waals surface area contributed by atoms with Crippen LogP contribution in [0.15, 0.2) is 24.3 Å². The molecule has 5 nitrogen and oxygen atoms in total. The molecule has 0 aromatic heterocycles. The first-order chi connectivity index (χ1) is 9.08. The summed E-state index contributed by atoms with van der Waals surface area (Å²) in [7, 11) is 0. The highest BCUT2D eigenvalue weighted by atomic mass is 16.6. The number of benzene rings is 1. The lowest BCUT2D eigenvalue weighted by molar-refractivity contribution is -0.146. The number of amides is 1. The van der Waals surface area contributed by atoms with Gasteiger partial charge in [-0.1, -0.05) is 29.8 Å². The number of rotatable bonds is 5. The maximum Gasteiger partial charge on any atom is 0.404 e. The second kappa shape index (κ2) is 5.73. The van der Waals surface area contributed by atoms with E-state index in [1.165, 1.54) is 11.1 Å². The predicted molar refractivity (Wildman–Crippen MR) is 68.5 cm³/mol. The summed E-state index contributed by atoms with van der Waals surface area (Å²) in [5.41, 5.74) is 7.15. The number of hydrogen-bond acceptors (Lipinski definition) is 4. The number of nitrogens with two attached hydrogens (primary N) is 1. The Bertz CT molecular complexity index is 486. The first-order valence-electron chi connectivity index (χ1n) is 6.23. The largest absolute Gasteiger partial charge is 0.462 e. The van der Waals surface area contributed by atoms with Gasteiger partial charge in [-0.3, -0.25) is 4.79 Å². The minimum atomic E-state index is -0.861. The van der Waals surface area contributed by atoms with Crippen molar-refractivity contribution in [1.29, 1.82) is 0 Å². The van der Waals surface area contributed by atoms with E-state index in [9.17, 15) is 9.59 Å². The van der Waals surface area contributed by atoms with Gasteiger partial charge in [-0.25, -0.2) is 4.79 Å². The summed E-state index contributed by atoms with van der Waals surface area (Å²) < 4.78 is 9.51. The van der Waals surface area contributed by atoms with Crippen LogP contribution in [-0.4, -0.2) is 25.3 Å². The molecule has 2 rings (SSSR count). The van der Waals surface area contributed by atoms with E-state index < -0.39 is 6.09 Å². The minimum absolute atomic E-state index is 0.00288. The van der Waals surface area contributed by atoms with Crippen LogP contribution >= 0.6 is 0 Å². The van der Waals surface area contributed by atoms with Gasteiger partial charge in [0.2, 0.25) is 0 Å². The van der Waals surface area contributed by atoms with E-state index in [2.05, 4.69) is 10.8 Å². The topological polar surface area (TPSA) is 78.6 Å². The fourth-order valence-electron chi connectivity index (χ4n) is 2.12. The van der Waals surface area contributed by atoms with E-state index in [1.54, 1.807) is 0 Å². The Labute approximate surface area is 111 Å². The third-order valence-corrected chi connectivity index (χ3v) is 3.14. The van der Waals surface area contributed by atoms with Gasteiger partial charge >= 0.3 is 12.1 Å². The van der Waals surface area contributed by atoms with Crippen LogP contribution in [0.5, 0.6) is 0 Å². The Morgan fingerprint density at radius 1 is 1.32 bits per heavy atom. The standard InChI is InChI=1S/C14H17NO4/c1-9-3-2-4-10(7-9)11-8-12(11)13(16)18-5-6-19-14(15)17/h2-4,7,11-12H,5-6,8H2,1H3,(H2,15,17)/t11-,12+/m1/s1. The van der Waals surface area contributed by atoms with Crippen LogP contribution in [-0.2, 0) is 14.3 Å². The lowest BCUT2D eigenvalue weighted by Crippen LogP contribution is -2.18. The van der Waals surface area contributed by atoms with Crippen molar-refractivity contribution in [3.05, 3.63) is 35.4 Å². The van der Waals surface area contributed by atoms with Crippen LogP contribution in [0.4, 0.5) is 4.79 Å². The van der Waals surface area contributed by atoms with E-state index in [1.807, 2.05) is 25.1 Å². The molecule has 1 aliphatic carbocycles. The zero-order valence-electron chi connectivity index (χ0n) is 10.8. The molecule has 1 aliphatic rings. The van der Waals surface area contributed by atoms with Crippen LogP contribution in [0.3, 0.4) is 0 Å². The number of hydrogen-bond donors (Lipinski definition) is 1. The van der Waals surface area contributed by atoms with Crippen molar-refractivity contribution in [2.45, 2.75) is 19.3 Å². The molecule has 0 bridgehead atoms. The van der Waals surface area contributed by atoms with Gasteiger partial charge < -0.3 is 15.2 Å². The molecule has 0 heterocycles. The van der Waals surface area contributed by atoms with Gasteiger partial charge in [0.05, 0.1) is 5.92 Å². The molecule has 1 fully saturated rings. The van der Waals surface area contributed by atoms with Crippen molar-refractivity contribution in [2.24, 2.45) is 11.7 Å². The molecule has 19 heavy (non-hydrogen) atoms. The summed E-state index contributed by atoms with van der Waals surface area (Å²) in [5.74, 6) is -0.0561. The highest BCUT2D eigenvalue weighted by Crippen LogP contribution is 2.48. The first-order valence-corrected chi connectivity index (χ1v) is 6.23. The number of esters is 1. The molecule has 1 amide bonds. The van der Waals surface area contributed by atoms with Crippen LogP contribution < -0.4 is 5.73 Å². The van der Waals surface area contributed by atoms with Gasteiger partial charge in [0.15, 0.2) is 0 Å². The third kappa shape index (κ3) is 3.71. The fourth-order valence-corrected chi connectivity index (χ4v) is 2.12. The van der Waals surface area contributed by atoms with E-state index in [0.29, 0.717) is 0 Å². The minimum Gasteiger partial charge on any atom is -0.462 e. The van der Waals surface area contributed by atoms with Crippen molar-refractivity contribution >= 4 is 12.1 Å². The summed E-state index contributed by atoms with van der Waals surface area (Å²) >= 11 is 0. The highest BCUT2D eigenvalue weighted by Gasteiger charge is 2.45. The number of carbonyl (C=O) groups is 2. The molecule has 1 aromatic rings. The molecule has 5 heteroatoms. The molecule has 0 radical (unpaired) electrons. The third-order valence-electron chi connectivity index (χ3n) is 3.14. The smallest absolute Gasteiger partial charge is 0.404 e.